The molecule has 2 unspecified atom stereocenters. The van der Waals surface area contributed by atoms with Gasteiger partial charge in [0.1, 0.15) is 0 Å². The third kappa shape index (κ3) is 3.47. The highest BCUT2D eigenvalue weighted by Crippen LogP contribution is 2.31. The maximum atomic E-state index is 10.4. The molecule has 2 atom stereocenters. The molecule has 0 saturated carbocycles. The molecular formula is C11H15BrO3. The Kier molecular flexibility index (Phi) is 4.11. The van der Waals surface area contributed by atoms with E-state index in [4.69, 9.17) is 9.84 Å². The van der Waals surface area contributed by atoms with Crippen molar-refractivity contribution in [2.45, 2.75) is 25.9 Å². The van der Waals surface area contributed by atoms with E-state index in [-0.39, 0.29) is 18.9 Å². The summed E-state index contributed by atoms with van der Waals surface area (Å²) in [6.45, 7) is 4.25. The Morgan fingerprint density at radius 3 is 2.93 bits per heavy atom. The topological polar surface area (TPSA) is 46.5 Å². The Morgan fingerprint density at radius 1 is 1.73 bits per heavy atom. The molecule has 3 nitrogen and oxygen atoms in total. The molecule has 0 heterocycles. The average Bonchev–Trinajstić information content (AvgIpc) is 2.12. The number of carboxylic acid groups (broad SMARTS) is 1. The molecule has 1 aliphatic carbocycles. The van der Waals surface area contributed by atoms with Gasteiger partial charge < -0.3 is 9.84 Å². The van der Waals surface area contributed by atoms with E-state index in [0.29, 0.717) is 0 Å². The van der Waals surface area contributed by atoms with E-state index < -0.39 is 11.6 Å². The highest BCUT2D eigenvalue weighted by molar-refractivity contribution is 9.11. The summed E-state index contributed by atoms with van der Waals surface area (Å²) in [5.74, 6) is -0.603. The van der Waals surface area contributed by atoms with Crippen LogP contribution in [0.2, 0.25) is 0 Å². The van der Waals surface area contributed by atoms with Gasteiger partial charge in [0.2, 0.25) is 0 Å². The van der Waals surface area contributed by atoms with Gasteiger partial charge in [0.05, 0.1) is 18.6 Å². The molecule has 0 fully saturated rings. The summed E-state index contributed by atoms with van der Waals surface area (Å²) in [4.78, 5) is 10.4. The molecule has 84 valence electrons. The van der Waals surface area contributed by atoms with Crippen LogP contribution in [0.15, 0.2) is 22.7 Å². The third-order valence-corrected chi connectivity index (χ3v) is 3.14. The minimum Gasteiger partial charge on any atom is -0.481 e. The molecule has 0 radical (unpaired) electrons. The molecule has 0 aromatic carbocycles. The smallest absolute Gasteiger partial charge is 0.305 e. The lowest BCUT2D eigenvalue weighted by atomic mass is 9.87. The molecule has 0 aromatic rings. The van der Waals surface area contributed by atoms with Gasteiger partial charge in [-0.25, -0.2) is 0 Å². The van der Waals surface area contributed by atoms with Gasteiger partial charge in [-0.1, -0.05) is 35.0 Å². The highest BCUT2D eigenvalue weighted by atomic mass is 79.9. The molecule has 0 bridgehead atoms. The molecule has 0 aromatic heterocycles. The van der Waals surface area contributed by atoms with Crippen LogP contribution in [0.5, 0.6) is 0 Å². The number of carboxylic acids is 1. The predicted molar refractivity (Wildman–Crippen MR) is 61.9 cm³/mol. The van der Waals surface area contributed by atoms with Crippen molar-refractivity contribution in [2.24, 2.45) is 5.92 Å². The molecule has 0 spiro atoms. The van der Waals surface area contributed by atoms with Gasteiger partial charge in [0.15, 0.2) is 0 Å². The molecule has 4 heteroatoms. The van der Waals surface area contributed by atoms with Crippen molar-refractivity contribution < 1.29 is 14.6 Å². The summed E-state index contributed by atoms with van der Waals surface area (Å²) < 4.78 is 6.65. The Labute approximate surface area is 97.9 Å². The predicted octanol–water partition coefficient (Wildman–Crippen LogP) is 2.72. The molecule has 1 aliphatic rings. The molecule has 1 N–H and O–H groups in total. The van der Waals surface area contributed by atoms with Crippen LogP contribution in [0.4, 0.5) is 0 Å². The SMILES string of the molecule is CC1C=C(Br)C=CC1(C)OCCC(=O)O. The second kappa shape index (κ2) is 4.94. The number of aliphatic carboxylic acids is 1. The van der Waals surface area contributed by atoms with Crippen molar-refractivity contribution in [3.05, 3.63) is 22.7 Å². The number of ether oxygens (including phenoxy) is 1. The zero-order valence-corrected chi connectivity index (χ0v) is 10.5. The van der Waals surface area contributed by atoms with Gasteiger partial charge in [0.25, 0.3) is 0 Å². The zero-order chi connectivity index (χ0) is 11.5. The van der Waals surface area contributed by atoms with E-state index in [0.717, 1.165) is 4.48 Å². The van der Waals surface area contributed by atoms with E-state index in [1.54, 1.807) is 0 Å². The van der Waals surface area contributed by atoms with Crippen LogP contribution in [0.1, 0.15) is 20.3 Å². The lowest BCUT2D eigenvalue weighted by molar-refractivity contribution is -0.139. The summed E-state index contributed by atoms with van der Waals surface area (Å²) in [7, 11) is 0. The van der Waals surface area contributed by atoms with Crippen molar-refractivity contribution in [1.82, 2.24) is 0 Å². The van der Waals surface area contributed by atoms with Crippen LogP contribution in [0.3, 0.4) is 0 Å². The average molecular weight is 275 g/mol. The van der Waals surface area contributed by atoms with Gasteiger partial charge in [-0.15, -0.1) is 0 Å². The van der Waals surface area contributed by atoms with E-state index >= 15 is 0 Å². The maximum absolute atomic E-state index is 10.4. The second-order valence-electron chi connectivity index (χ2n) is 3.85. The summed E-state index contributed by atoms with van der Waals surface area (Å²) in [5.41, 5.74) is -0.396. The van der Waals surface area contributed by atoms with Crippen molar-refractivity contribution >= 4 is 21.9 Å². The fraction of sp³-hybridized carbons (Fsp3) is 0.545. The van der Waals surface area contributed by atoms with Gasteiger partial charge in [-0.3, -0.25) is 4.79 Å². The second-order valence-corrected chi connectivity index (χ2v) is 4.77. The molecule has 0 saturated heterocycles. The monoisotopic (exact) mass is 274 g/mol. The number of halogens is 1. The lowest BCUT2D eigenvalue weighted by Crippen LogP contribution is -2.35. The van der Waals surface area contributed by atoms with Crippen LogP contribution >= 0.6 is 15.9 Å². The molecule has 15 heavy (non-hydrogen) atoms. The summed E-state index contributed by atoms with van der Waals surface area (Å²) in [6.07, 6.45) is 5.99. The normalized spacial score (nSPS) is 30.1. The van der Waals surface area contributed by atoms with Crippen molar-refractivity contribution in [2.75, 3.05) is 6.61 Å². The number of carbonyl (C=O) groups is 1. The first-order valence-electron chi connectivity index (χ1n) is 4.86. The Bertz CT molecular complexity index is 309. The Hall–Kier alpha value is -0.610. The van der Waals surface area contributed by atoms with Gasteiger partial charge in [0, 0.05) is 10.4 Å². The zero-order valence-electron chi connectivity index (χ0n) is 8.87. The van der Waals surface area contributed by atoms with Crippen LogP contribution in [-0.4, -0.2) is 23.3 Å². The first-order chi connectivity index (χ1) is 6.94. The summed E-state index contributed by atoms with van der Waals surface area (Å²) in [5, 5.41) is 8.52. The van der Waals surface area contributed by atoms with Crippen LogP contribution < -0.4 is 0 Å². The standard InChI is InChI=1S/C11H15BrO3/c1-8-7-9(12)3-5-11(8,2)15-6-4-10(13)14/h3,5,7-8H,4,6H2,1-2H3,(H,13,14). The van der Waals surface area contributed by atoms with E-state index in [1.807, 2.05) is 26.0 Å². The summed E-state index contributed by atoms with van der Waals surface area (Å²) >= 11 is 3.40. The fourth-order valence-electron chi connectivity index (χ4n) is 1.39. The van der Waals surface area contributed by atoms with Gasteiger partial charge in [-0.05, 0) is 13.0 Å². The number of allylic oxidation sites excluding steroid dienone is 2. The highest BCUT2D eigenvalue weighted by Gasteiger charge is 2.30. The van der Waals surface area contributed by atoms with Crippen LogP contribution in [0, 0.1) is 5.92 Å². The minimum absolute atomic E-state index is 0.0427. The van der Waals surface area contributed by atoms with Crippen molar-refractivity contribution in [3.8, 4) is 0 Å². The van der Waals surface area contributed by atoms with Crippen LogP contribution in [0.25, 0.3) is 0 Å². The third-order valence-electron chi connectivity index (χ3n) is 2.62. The number of hydrogen-bond acceptors (Lipinski definition) is 2. The maximum Gasteiger partial charge on any atom is 0.305 e. The minimum atomic E-state index is -0.831. The quantitative estimate of drug-likeness (QED) is 0.858. The first-order valence-corrected chi connectivity index (χ1v) is 5.65. The van der Waals surface area contributed by atoms with Crippen molar-refractivity contribution in [3.63, 3.8) is 0 Å². The Balaban J connectivity index is 2.53. The van der Waals surface area contributed by atoms with Gasteiger partial charge >= 0.3 is 5.97 Å². The van der Waals surface area contributed by atoms with Crippen molar-refractivity contribution in [1.29, 1.82) is 0 Å². The van der Waals surface area contributed by atoms with E-state index in [9.17, 15) is 4.79 Å². The Morgan fingerprint density at radius 2 is 2.40 bits per heavy atom. The number of rotatable bonds is 4. The molecule has 0 amide bonds. The molecule has 1 rings (SSSR count). The largest absolute Gasteiger partial charge is 0.481 e. The van der Waals surface area contributed by atoms with Gasteiger partial charge in [-0.2, -0.15) is 0 Å². The number of hydrogen-bond donors (Lipinski definition) is 1. The van der Waals surface area contributed by atoms with E-state index in [1.165, 1.54) is 0 Å². The first kappa shape index (κ1) is 12.5. The molecular weight excluding hydrogens is 260 g/mol. The fourth-order valence-corrected chi connectivity index (χ4v) is 1.92. The van der Waals surface area contributed by atoms with E-state index in [2.05, 4.69) is 22.0 Å². The lowest BCUT2D eigenvalue weighted by Gasteiger charge is -2.33. The summed E-state index contributed by atoms with van der Waals surface area (Å²) in [6, 6.07) is 0. The molecule has 0 aliphatic heterocycles. The van der Waals surface area contributed by atoms with Crippen LogP contribution in [-0.2, 0) is 9.53 Å².